The van der Waals surface area contributed by atoms with Crippen molar-refractivity contribution >= 4 is 0 Å². The molecule has 2 aromatic heterocycles. The van der Waals surface area contributed by atoms with E-state index >= 15 is 0 Å². The predicted molar refractivity (Wildman–Crippen MR) is 96.4 cm³/mol. The lowest BCUT2D eigenvalue weighted by Gasteiger charge is -2.32. The Bertz CT molecular complexity index is 928. The van der Waals surface area contributed by atoms with Crippen LogP contribution in [0.4, 0.5) is 4.39 Å². The first-order valence-corrected chi connectivity index (χ1v) is 9.33. The zero-order chi connectivity index (χ0) is 19.5. The van der Waals surface area contributed by atoms with Crippen molar-refractivity contribution in [1.82, 2.24) is 25.2 Å². The average molecular weight is 387 g/mol. The maximum Gasteiger partial charge on any atom is 0.250 e. The lowest BCUT2D eigenvalue weighted by Crippen LogP contribution is -2.33. The van der Waals surface area contributed by atoms with E-state index in [4.69, 9.17) is 13.7 Å². The summed E-state index contributed by atoms with van der Waals surface area (Å²) >= 11 is 0. The Labute approximate surface area is 161 Å². The van der Waals surface area contributed by atoms with Crippen molar-refractivity contribution < 1.29 is 18.1 Å². The van der Waals surface area contributed by atoms with Crippen molar-refractivity contribution in [2.75, 3.05) is 13.7 Å². The van der Waals surface area contributed by atoms with Gasteiger partial charge >= 0.3 is 0 Å². The third-order valence-corrected chi connectivity index (χ3v) is 4.98. The first kappa shape index (κ1) is 18.7. The molecule has 0 amide bonds. The van der Waals surface area contributed by atoms with Crippen molar-refractivity contribution in [3.05, 3.63) is 47.7 Å². The van der Waals surface area contributed by atoms with E-state index in [1.807, 2.05) is 6.92 Å². The molecule has 2 atom stereocenters. The maximum absolute atomic E-state index is 14.0. The van der Waals surface area contributed by atoms with Crippen molar-refractivity contribution in [2.45, 2.75) is 44.9 Å². The smallest absolute Gasteiger partial charge is 0.250 e. The molecule has 3 aromatic rings. The number of hydrogen-bond donors (Lipinski definition) is 0. The molecule has 3 heterocycles. The molecule has 0 radical (unpaired) electrons. The van der Waals surface area contributed by atoms with Crippen LogP contribution in [0.15, 0.2) is 33.2 Å². The molecule has 0 N–H and O–H groups in total. The number of aromatic nitrogens is 4. The van der Waals surface area contributed by atoms with E-state index in [0.29, 0.717) is 29.7 Å². The Kier molecular flexibility index (Phi) is 5.45. The molecule has 0 unspecified atom stereocenters. The summed E-state index contributed by atoms with van der Waals surface area (Å²) in [5.41, 5.74) is 0.304. The van der Waals surface area contributed by atoms with Crippen LogP contribution < -0.4 is 0 Å². The molecule has 0 spiro atoms. The monoisotopic (exact) mass is 387 g/mol. The van der Waals surface area contributed by atoms with E-state index in [2.05, 4.69) is 25.2 Å². The van der Waals surface area contributed by atoms with Crippen molar-refractivity contribution in [3.63, 3.8) is 0 Å². The molecule has 1 aliphatic rings. The Morgan fingerprint density at radius 3 is 2.96 bits per heavy atom. The van der Waals surface area contributed by atoms with Crippen LogP contribution in [0, 0.1) is 5.82 Å². The van der Waals surface area contributed by atoms with E-state index in [1.165, 1.54) is 6.07 Å². The summed E-state index contributed by atoms with van der Waals surface area (Å²) in [6.07, 6.45) is 2.75. The van der Waals surface area contributed by atoms with Crippen molar-refractivity contribution in [1.29, 1.82) is 0 Å². The molecule has 1 saturated heterocycles. The van der Waals surface area contributed by atoms with E-state index in [0.717, 1.165) is 25.8 Å². The van der Waals surface area contributed by atoms with Gasteiger partial charge in [0.05, 0.1) is 18.2 Å². The minimum atomic E-state index is -0.385. The van der Waals surface area contributed by atoms with Gasteiger partial charge in [-0.1, -0.05) is 23.7 Å². The lowest BCUT2D eigenvalue weighted by atomic mass is 10.0. The summed E-state index contributed by atoms with van der Waals surface area (Å²) in [5.74, 6) is 1.31. The average Bonchev–Trinajstić information content (AvgIpc) is 3.38. The minimum absolute atomic E-state index is 0.0722. The van der Waals surface area contributed by atoms with Crippen LogP contribution in [0.5, 0.6) is 0 Å². The molecule has 28 heavy (non-hydrogen) atoms. The Balaban J connectivity index is 1.53. The second-order valence-electron chi connectivity index (χ2n) is 6.83. The first-order chi connectivity index (χ1) is 13.7. The standard InChI is InChI=1S/C19H22FN5O3/c1-12(26-2)17-21-16(28-24-17)11-25-10-6-5-9-15(25)19-23-22-18(27-19)13-7-3-4-8-14(13)20/h3-4,7-8,12,15H,5-6,9-11H2,1-2H3/t12-,15+/m0/s1. The fourth-order valence-electron chi connectivity index (χ4n) is 3.35. The molecule has 9 heteroatoms. The highest BCUT2D eigenvalue weighted by Crippen LogP contribution is 2.33. The third-order valence-electron chi connectivity index (χ3n) is 4.98. The molecule has 0 aliphatic carbocycles. The van der Waals surface area contributed by atoms with Gasteiger partial charge in [-0.05, 0) is 38.4 Å². The van der Waals surface area contributed by atoms with Crippen LogP contribution in [-0.2, 0) is 11.3 Å². The third kappa shape index (κ3) is 3.81. The number of halogens is 1. The second-order valence-corrected chi connectivity index (χ2v) is 6.83. The molecule has 1 fully saturated rings. The van der Waals surface area contributed by atoms with Gasteiger partial charge in [0.25, 0.3) is 5.89 Å². The van der Waals surface area contributed by atoms with E-state index in [9.17, 15) is 4.39 Å². The van der Waals surface area contributed by atoms with Gasteiger partial charge in [-0.2, -0.15) is 4.98 Å². The van der Waals surface area contributed by atoms with Crippen LogP contribution in [-0.4, -0.2) is 38.9 Å². The lowest BCUT2D eigenvalue weighted by molar-refractivity contribution is 0.104. The van der Waals surface area contributed by atoms with Gasteiger partial charge in [-0.25, -0.2) is 4.39 Å². The number of likely N-dealkylation sites (tertiary alicyclic amines) is 1. The van der Waals surface area contributed by atoms with Crippen LogP contribution in [0.2, 0.25) is 0 Å². The second kappa shape index (κ2) is 8.15. The van der Waals surface area contributed by atoms with Crippen LogP contribution in [0.3, 0.4) is 0 Å². The molecule has 0 bridgehead atoms. The van der Waals surface area contributed by atoms with E-state index in [-0.39, 0.29) is 23.9 Å². The zero-order valence-electron chi connectivity index (χ0n) is 15.8. The van der Waals surface area contributed by atoms with Crippen LogP contribution in [0.1, 0.15) is 55.9 Å². The predicted octanol–water partition coefficient (Wildman–Crippen LogP) is 3.69. The Morgan fingerprint density at radius 1 is 1.29 bits per heavy atom. The largest absolute Gasteiger partial charge is 0.419 e. The molecular weight excluding hydrogens is 365 g/mol. The summed E-state index contributed by atoms with van der Waals surface area (Å²) in [6, 6.07) is 6.30. The highest BCUT2D eigenvalue weighted by atomic mass is 19.1. The van der Waals surface area contributed by atoms with Crippen molar-refractivity contribution in [3.8, 4) is 11.5 Å². The Hall–Kier alpha value is -2.65. The van der Waals surface area contributed by atoms with Gasteiger partial charge in [0.1, 0.15) is 11.9 Å². The van der Waals surface area contributed by atoms with Gasteiger partial charge in [-0.15, -0.1) is 10.2 Å². The normalized spacial score (nSPS) is 19.0. The number of hydrogen-bond acceptors (Lipinski definition) is 8. The molecule has 8 nitrogen and oxygen atoms in total. The van der Waals surface area contributed by atoms with Gasteiger partial charge in [0, 0.05) is 7.11 Å². The number of rotatable bonds is 6. The summed E-state index contributed by atoms with van der Waals surface area (Å²) in [6.45, 7) is 3.19. The summed E-state index contributed by atoms with van der Waals surface area (Å²) in [4.78, 5) is 6.58. The van der Waals surface area contributed by atoms with Gasteiger partial charge in [0.15, 0.2) is 5.82 Å². The fourth-order valence-corrected chi connectivity index (χ4v) is 3.35. The number of nitrogens with zero attached hydrogens (tertiary/aromatic N) is 5. The number of piperidine rings is 1. The van der Waals surface area contributed by atoms with E-state index in [1.54, 1.807) is 25.3 Å². The number of benzene rings is 1. The highest BCUT2D eigenvalue weighted by molar-refractivity contribution is 5.53. The van der Waals surface area contributed by atoms with Gasteiger partial charge in [0.2, 0.25) is 11.8 Å². The van der Waals surface area contributed by atoms with Gasteiger partial charge in [-0.3, -0.25) is 4.90 Å². The summed E-state index contributed by atoms with van der Waals surface area (Å²) < 4.78 is 30.4. The minimum Gasteiger partial charge on any atom is -0.419 e. The molecule has 0 saturated carbocycles. The zero-order valence-corrected chi connectivity index (χ0v) is 15.8. The van der Waals surface area contributed by atoms with Crippen LogP contribution in [0.25, 0.3) is 11.5 Å². The summed E-state index contributed by atoms with van der Waals surface area (Å²) in [5, 5.41) is 12.2. The maximum atomic E-state index is 14.0. The first-order valence-electron chi connectivity index (χ1n) is 9.33. The molecular formula is C19H22FN5O3. The van der Waals surface area contributed by atoms with Crippen LogP contribution >= 0.6 is 0 Å². The fraction of sp³-hybridized carbons (Fsp3) is 0.474. The van der Waals surface area contributed by atoms with E-state index < -0.39 is 0 Å². The van der Waals surface area contributed by atoms with Crippen molar-refractivity contribution in [2.24, 2.45) is 0 Å². The SMILES string of the molecule is CO[C@@H](C)c1noc(CN2CCCC[C@@H]2c2nnc(-c3ccccc3F)o2)n1. The number of ether oxygens (including phenoxy) is 1. The summed E-state index contributed by atoms with van der Waals surface area (Å²) in [7, 11) is 1.60. The topological polar surface area (TPSA) is 90.3 Å². The molecule has 1 aliphatic heterocycles. The highest BCUT2D eigenvalue weighted by Gasteiger charge is 2.30. The quantitative estimate of drug-likeness (QED) is 0.632. The molecule has 4 rings (SSSR count). The molecule has 1 aromatic carbocycles. The molecule has 148 valence electrons. The van der Waals surface area contributed by atoms with Gasteiger partial charge < -0.3 is 13.7 Å². The Morgan fingerprint density at radius 2 is 2.14 bits per heavy atom. The number of methoxy groups -OCH3 is 1.